The predicted molar refractivity (Wildman–Crippen MR) is 105 cm³/mol. The fraction of sp³-hybridized carbons (Fsp3) is 0.476. The Morgan fingerprint density at radius 3 is 2.84 bits per heavy atom. The molecule has 4 rings (SSSR count). The third-order valence-corrected chi connectivity index (χ3v) is 7.06. The fourth-order valence-corrected chi connectivity index (χ4v) is 5.43. The van der Waals surface area contributed by atoms with Crippen molar-refractivity contribution in [2.24, 2.45) is 16.3 Å². The molecule has 0 spiro atoms. The molecule has 0 radical (unpaired) electrons. The molecule has 4 heteroatoms. The lowest BCUT2D eigenvalue weighted by molar-refractivity contribution is -0.0324. The van der Waals surface area contributed by atoms with E-state index >= 15 is 0 Å². The zero-order valence-electron chi connectivity index (χ0n) is 14.9. The average Bonchev–Trinajstić information content (AvgIpc) is 3.01. The highest BCUT2D eigenvalue weighted by molar-refractivity contribution is 7.78. The zero-order valence-corrected chi connectivity index (χ0v) is 15.7. The minimum absolute atomic E-state index is 0.0575. The number of aliphatic imine (C=N–C) groups is 1. The third-order valence-electron chi connectivity index (χ3n) is 6.95. The number of nitrogens with one attached hydrogen (secondary N) is 1. The molecule has 2 aromatic rings. The Labute approximate surface area is 153 Å². The highest BCUT2D eigenvalue weighted by Crippen LogP contribution is 2.59. The van der Waals surface area contributed by atoms with Crippen molar-refractivity contribution in [3.8, 4) is 0 Å². The first-order valence-corrected chi connectivity index (χ1v) is 9.26. The summed E-state index contributed by atoms with van der Waals surface area (Å²) >= 11 is 4.97. The van der Waals surface area contributed by atoms with Crippen molar-refractivity contribution in [3.05, 3.63) is 48.2 Å². The molecule has 5 unspecified atom stereocenters. The number of aromatic nitrogens is 1. The van der Waals surface area contributed by atoms with Gasteiger partial charge in [-0.25, -0.2) is 4.99 Å². The molecular weight excluding hydrogens is 328 g/mol. The van der Waals surface area contributed by atoms with Gasteiger partial charge in [-0.2, -0.15) is 0 Å². The molecule has 2 N–H and O–H groups in total. The second kappa shape index (κ2) is 5.38. The van der Waals surface area contributed by atoms with Crippen LogP contribution in [0.4, 0.5) is 0 Å². The number of H-pyrrole nitrogens is 1. The average molecular weight is 353 g/mol. The Kier molecular flexibility index (Phi) is 3.59. The first-order chi connectivity index (χ1) is 11.9. The van der Waals surface area contributed by atoms with E-state index in [1.165, 1.54) is 16.5 Å². The highest BCUT2D eigenvalue weighted by Gasteiger charge is 2.57. The summed E-state index contributed by atoms with van der Waals surface area (Å²) in [5.74, 6) is 0.460. The van der Waals surface area contributed by atoms with Gasteiger partial charge in [0.15, 0.2) is 0 Å². The standard InChI is InChI=1S/C21H24N2OS/c1-5-21(4)16(24)9-14-18(19(21)23-11-25)12-10-22-15-8-6-7-13(17(12)15)20(14,2)3/h5-8,10,14,16,18-19,22,24H,1,9H2,2-4H3. The minimum atomic E-state index is -0.515. The number of thiocarbonyl (C=S) groups is 1. The largest absolute Gasteiger partial charge is 0.392 e. The molecule has 3 nitrogen and oxygen atoms in total. The van der Waals surface area contributed by atoms with Crippen molar-refractivity contribution in [2.75, 3.05) is 0 Å². The molecule has 0 saturated heterocycles. The van der Waals surface area contributed by atoms with Crippen LogP contribution >= 0.6 is 12.2 Å². The summed E-state index contributed by atoms with van der Waals surface area (Å²) in [4.78, 5) is 8.00. The van der Waals surface area contributed by atoms with E-state index in [2.05, 4.69) is 60.0 Å². The first kappa shape index (κ1) is 16.7. The van der Waals surface area contributed by atoms with Crippen molar-refractivity contribution in [2.45, 2.75) is 50.7 Å². The molecule has 1 heterocycles. The van der Waals surface area contributed by atoms with Crippen molar-refractivity contribution in [1.29, 1.82) is 0 Å². The maximum atomic E-state index is 11.0. The number of benzene rings is 1. The Balaban J connectivity index is 2.04. The number of fused-ring (bicyclic) bond motifs is 2. The number of aliphatic hydroxyl groups excluding tert-OH is 1. The van der Waals surface area contributed by atoms with E-state index in [9.17, 15) is 5.11 Å². The van der Waals surface area contributed by atoms with E-state index in [0.29, 0.717) is 0 Å². The summed E-state index contributed by atoms with van der Waals surface area (Å²) in [6.45, 7) is 10.6. The van der Waals surface area contributed by atoms with Gasteiger partial charge in [-0.05, 0) is 47.2 Å². The van der Waals surface area contributed by atoms with E-state index in [1.54, 1.807) is 0 Å². The van der Waals surface area contributed by atoms with Gasteiger partial charge < -0.3 is 10.1 Å². The molecule has 1 aromatic carbocycles. The fourth-order valence-electron chi connectivity index (χ4n) is 5.32. The SMILES string of the molecule is C=CC1(C)C(O)CC2C(c3c[nH]c4cccc(c34)C2(C)C)C1N=C=S. The van der Waals surface area contributed by atoms with Crippen LogP contribution in [-0.4, -0.2) is 27.4 Å². The lowest BCUT2D eigenvalue weighted by Gasteiger charge is -2.55. The maximum Gasteiger partial charge on any atom is 0.0787 e. The Hall–Kier alpha value is -1.74. The van der Waals surface area contributed by atoms with Crippen molar-refractivity contribution in [3.63, 3.8) is 0 Å². The van der Waals surface area contributed by atoms with Gasteiger partial charge in [0, 0.05) is 28.4 Å². The number of nitrogens with zero attached hydrogens (tertiary/aromatic N) is 1. The number of hydrogen-bond donors (Lipinski definition) is 2. The second-order valence-corrected chi connectivity index (χ2v) is 8.50. The van der Waals surface area contributed by atoms with E-state index < -0.39 is 11.5 Å². The third kappa shape index (κ3) is 2.02. The first-order valence-electron chi connectivity index (χ1n) is 8.85. The van der Waals surface area contributed by atoms with Crippen LogP contribution in [0.15, 0.2) is 42.0 Å². The molecule has 2 aliphatic carbocycles. The van der Waals surface area contributed by atoms with Crippen molar-refractivity contribution in [1.82, 2.24) is 4.98 Å². The van der Waals surface area contributed by atoms with Crippen molar-refractivity contribution >= 4 is 28.3 Å². The van der Waals surface area contributed by atoms with E-state index in [-0.39, 0.29) is 23.3 Å². The number of rotatable bonds is 2. The van der Waals surface area contributed by atoms with E-state index in [1.807, 2.05) is 13.0 Å². The number of aromatic amines is 1. The molecule has 0 aliphatic heterocycles. The normalized spacial score (nSPS) is 35.7. The molecule has 0 bridgehead atoms. The second-order valence-electron chi connectivity index (χ2n) is 8.31. The summed E-state index contributed by atoms with van der Waals surface area (Å²) in [7, 11) is 0. The Morgan fingerprint density at radius 1 is 1.40 bits per heavy atom. The van der Waals surface area contributed by atoms with Crippen LogP contribution in [0, 0.1) is 11.3 Å². The molecule has 5 atom stereocenters. The molecule has 0 amide bonds. The van der Waals surface area contributed by atoms with Gasteiger partial charge in [0.2, 0.25) is 0 Å². The Morgan fingerprint density at radius 2 is 2.16 bits per heavy atom. The summed E-state index contributed by atoms with van der Waals surface area (Å²) < 4.78 is 0. The lowest BCUT2D eigenvalue weighted by atomic mass is 9.50. The minimum Gasteiger partial charge on any atom is -0.392 e. The van der Waals surface area contributed by atoms with Crippen molar-refractivity contribution < 1.29 is 5.11 Å². The zero-order chi connectivity index (χ0) is 18.0. The molecular formula is C21H24N2OS. The van der Waals surface area contributed by atoms with Crippen LogP contribution in [0.5, 0.6) is 0 Å². The van der Waals surface area contributed by atoms with Crippen LogP contribution in [-0.2, 0) is 5.41 Å². The van der Waals surface area contributed by atoms with E-state index in [4.69, 9.17) is 12.2 Å². The molecule has 1 fully saturated rings. The van der Waals surface area contributed by atoms with Gasteiger partial charge in [-0.15, -0.1) is 6.58 Å². The summed E-state index contributed by atoms with van der Waals surface area (Å²) in [5, 5.41) is 14.9. The van der Waals surface area contributed by atoms with Gasteiger partial charge in [-0.1, -0.05) is 39.0 Å². The lowest BCUT2D eigenvalue weighted by Crippen LogP contribution is -2.55. The summed E-state index contributed by atoms with van der Waals surface area (Å²) in [6.07, 6.45) is 4.20. The van der Waals surface area contributed by atoms with Gasteiger partial charge in [0.25, 0.3) is 0 Å². The van der Waals surface area contributed by atoms with E-state index in [0.717, 1.165) is 11.9 Å². The number of hydrogen-bond acceptors (Lipinski definition) is 3. The quantitative estimate of drug-likeness (QED) is 0.472. The molecule has 2 aliphatic rings. The topological polar surface area (TPSA) is 48.4 Å². The highest BCUT2D eigenvalue weighted by atomic mass is 32.1. The van der Waals surface area contributed by atoms with Gasteiger partial charge >= 0.3 is 0 Å². The molecule has 1 saturated carbocycles. The van der Waals surface area contributed by atoms with Crippen LogP contribution < -0.4 is 0 Å². The summed E-state index contributed by atoms with van der Waals surface area (Å²) in [6, 6.07) is 6.30. The Bertz CT molecular complexity index is 908. The maximum absolute atomic E-state index is 11.0. The molecule has 130 valence electrons. The predicted octanol–water partition coefficient (Wildman–Crippen LogP) is 4.59. The van der Waals surface area contributed by atoms with Crippen LogP contribution in [0.2, 0.25) is 0 Å². The van der Waals surface area contributed by atoms with Gasteiger partial charge in [-0.3, -0.25) is 0 Å². The molecule has 1 aromatic heterocycles. The number of isothiocyanates is 1. The van der Waals surface area contributed by atoms with Gasteiger partial charge in [0.05, 0.1) is 17.3 Å². The van der Waals surface area contributed by atoms with Crippen LogP contribution in [0.3, 0.4) is 0 Å². The summed E-state index contributed by atoms with van der Waals surface area (Å²) in [5.41, 5.74) is 3.23. The number of aliphatic hydroxyl groups is 1. The smallest absolute Gasteiger partial charge is 0.0787 e. The van der Waals surface area contributed by atoms with Crippen LogP contribution in [0.25, 0.3) is 10.9 Å². The van der Waals surface area contributed by atoms with Crippen LogP contribution in [0.1, 0.15) is 44.2 Å². The molecule has 25 heavy (non-hydrogen) atoms. The van der Waals surface area contributed by atoms with Gasteiger partial charge in [0.1, 0.15) is 0 Å². The monoisotopic (exact) mass is 352 g/mol.